The lowest BCUT2D eigenvalue weighted by Crippen LogP contribution is -2.48. The van der Waals surface area contributed by atoms with Gasteiger partial charge in [-0.25, -0.2) is 9.78 Å². The second kappa shape index (κ2) is 9.46. The van der Waals surface area contributed by atoms with E-state index in [1.165, 1.54) is 12.0 Å². The van der Waals surface area contributed by atoms with Crippen molar-refractivity contribution in [1.29, 1.82) is 0 Å². The largest absolute Gasteiger partial charge is 0.482 e. The molecule has 0 saturated heterocycles. The summed E-state index contributed by atoms with van der Waals surface area (Å²) >= 11 is 1.55. The maximum absolute atomic E-state index is 12.7. The Hall–Kier alpha value is -3.30. The fourth-order valence-electron chi connectivity index (χ4n) is 3.46. The number of fused-ring (bicyclic) bond motifs is 1. The highest BCUT2D eigenvalue weighted by atomic mass is 32.1. The zero-order valence-corrected chi connectivity index (χ0v) is 18.8. The highest BCUT2D eigenvalue weighted by Crippen LogP contribution is 2.39. The van der Waals surface area contributed by atoms with Gasteiger partial charge in [0.25, 0.3) is 5.91 Å². The first-order valence-corrected chi connectivity index (χ1v) is 10.9. The molecule has 1 aromatic carbocycles. The molecule has 9 heteroatoms. The van der Waals surface area contributed by atoms with Crippen LogP contribution in [0.3, 0.4) is 0 Å². The molecule has 166 valence electrons. The molecule has 0 saturated carbocycles. The number of methoxy groups -OCH3 is 1. The van der Waals surface area contributed by atoms with Crippen LogP contribution in [0.25, 0.3) is 22.0 Å². The van der Waals surface area contributed by atoms with Crippen molar-refractivity contribution in [2.75, 3.05) is 31.8 Å². The predicted molar refractivity (Wildman–Crippen MR) is 121 cm³/mol. The molecule has 4 rings (SSSR count). The number of aryl methyl sites for hydroxylation is 1. The van der Waals surface area contributed by atoms with Crippen LogP contribution in [0.5, 0.6) is 5.75 Å². The number of carbonyl (C=O) groups excluding carboxylic acids is 2. The van der Waals surface area contributed by atoms with E-state index in [9.17, 15) is 9.59 Å². The lowest BCUT2D eigenvalue weighted by Gasteiger charge is -2.33. The summed E-state index contributed by atoms with van der Waals surface area (Å²) in [5.74, 6) is -0.284. The van der Waals surface area contributed by atoms with Crippen LogP contribution in [-0.4, -0.2) is 54.8 Å². The van der Waals surface area contributed by atoms with Gasteiger partial charge in [-0.3, -0.25) is 14.7 Å². The zero-order chi connectivity index (χ0) is 22.7. The number of hydrogen-bond donors (Lipinski definition) is 0. The number of thiazole rings is 1. The minimum atomic E-state index is -0.808. The molecule has 32 heavy (non-hydrogen) atoms. The highest BCUT2D eigenvalue weighted by Gasteiger charge is 2.34. The number of carbonyl (C=O) groups is 2. The number of anilines is 1. The molecule has 3 aromatic rings. The van der Waals surface area contributed by atoms with Gasteiger partial charge in [0.2, 0.25) is 0 Å². The Morgan fingerprint density at radius 1 is 1.28 bits per heavy atom. The summed E-state index contributed by atoms with van der Waals surface area (Å²) in [7, 11) is 1.53. The van der Waals surface area contributed by atoms with Gasteiger partial charge in [0.15, 0.2) is 6.61 Å². The molecule has 0 spiro atoms. The Kier molecular flexibility index (Phi) is 6.48. The first kappa shape index (κ1) is 21.9. The quantitative estimate of drug-likeness (QED) is 0.400. The first-order valence-electron chi connectivity index (χ1n) is 10.1. The molecule has 0 bridgehead atoms. The first-order chi connectivity index (χ1) is 15.5. The topological polar surface area (TPSA) is 90.9 Å². The Morgan fingerprint density at radius 2 is 2.12 bits per heavy atom. The standard InChI is InChI=1S/C23H23N3O5S/c1-14(23(28)30-11-10-29-3)26-18-12-16(7-8-19(18)31-13-20(26)27)21-15(2)32-22(25-21)17-6-4-5-9-24-17/h4-9,12,14H,10-11,13H2,1-3H3. The zero-order valence-electron chi connectivity index (χ0n) is 18.0. The molecule has 0 fully saturated rings. The van der Waals surface area contributed by atoms with Crippen molar-refractivity contribution < 1.29 is 23.8 Å². The second-order valence-corrected chi connectivity index (χ2v) is 8.41. The monoisotopic (exact) mass is 453 g/mol. The number of rotatable bonds is 7. The van der Waals surface area contributed by atoms with Gasteiger partial charge in [-0.1, -0.05) is 6.07 Å². The van der Waals surface area contributed by atoms with Crippen molar-refractivity contribution in [3.05, 3.63) is 47.5 Å². The highest BCUT2D eigenvalue weighted by molar-refractivity contribution is 7.15. The average Bonchev–Trinajstić information content (AvgIpc) is 3.20. The van der Waals surface area contributed by atoms with Gasteiger partial charge in [-0.05, 0) is 44.2 Å². The van der Waals surface area contributed by atoms with E-state index in [1.807, 2.05) is 37.3 Å². The van der Waals surface area contributed by atoms with Gasteiger partial charge in [-0.2, -0.15) is 0 Å². The molecular formula is C23H23N3O5S. The third kappa shape index (κ3) is 4.35. The fraction of sp³-hybridized carbons (Fsp3) is 0.304. The van der Waals surface area contributed by atoms with E-state index >= 15 is 0 Å². The number of hydrogen-bond acceptors (Lipinski definition) is 8. The maximum atomic E-state index is 12.7. The molecule has 1 unspecified atom stereocenters. The van der Waals surface area contributed by atoms with E-state index < -0.39 is 12.0 Å². The summed E-state index contributed by atoms with van der Waals surface area (Å²) < 4.78 is 15.7. The third-order valence-electron chi connectivity index (χ3n) is 5.05. The van der Waals surface area contributed by atoms with E-state index in [0.29, 0.717) is 11.4 Å². The molecule has 0 radical (unpaired) electrons. The number of ether oxygens (including phenoxy) is 3. The lowest BCUT2D eigenvalue weighted by molar-refractivity contribution is -0.147. The van der Waals surface area contributed by atoms with Gasteiger partial charge in [0.1, 0.15) is 23.4 Å². The minimum absolute atomic E-state index is 0.124. The maximum Gasteiger partial charge on any atom is 0.329 e. The van der Waals surface area contributed by atoms with E-state index in [-0.39, 0.29) is 25.7 Å². The molecule has 1 amide bonds. The molecule has 0 N–H and O–H groups in total. The summed E-state index contributed by atoms with van der Waals surface area (Å²) in [6.07, 6.45) is 1.73. The van der Waals surface area contributed by atoms with Crippen LogP contribution >= 0.6 is 11.3 Å². The van der Waals surface area contributed by atoms with E-state index in [0.717, 1.165) is 26.8 Å². The van der Waals surface area contributed by atoms with Crippen molar-refractivity contribution >= 4 is 28.9 Å². The second-order valence-electron chi connectivity index (χ2n) is 7.21. The van der Waals surface area contributed by atoms with Crippen LogP contribution in [0.1, 0.15) is 11.8 Å². The summed E-state index contributed by atoms with van der Waals surface area (Å²) in [6.45, 7) is 3.91. The van der Waals surface area contributed by atoms with Gasteiger partial charge < -0.3 is 14.2 Å². The fourth-order valence-corrected chi connectivity index (χ4v) is 4.37. The van der Waals surface area contributed by atoms with Gasteiger partial charge in [-0.15, -0.1) is 11.3 Å². The summed E-state index contributed by atoms with van der Waals surface area (Å²) in [5, 5.41) is 0.815. The van der Waals surface area contributed by atoms with Crippen LogP contribution in [-0.2, 0) is 19.1 Å². The van der Waals surface area contributed by atoms with Crippen LogP contribution in [0, 0.1) is 6.92 Å². The predicted octanol–water partition coefficient (Wildman–Crippen LogP) is 3.48. The molecule has 8 nitrogen and oxygen atoms in total. The minimum Gasteiger partial charge on any atom is -0.482 e. The van der Waals surface area contributed by atoms with Gasteiger partial charge in [0, 0.05) is 23.7 Å². The molecular weight excluding hydrogens is 430 g/mol. The van der Waals surface area contributed by atoms with Gasteiger partial charge in [0.05, 0.1) is 23.7 Å². The third-order valence-corrected chi connectivity index (χ3v) is 6.05. The number of pyridine rings is 1. The molecule has 1 atom stereocenters. The smallest absolute Gasteiger partial charge is 0.329 e. The Morgan fingerprint density at radius 3 is 2.88 bits per heavy atom. The van der Waals surface area contributed by atoms with Crippen LogP contribution < -0.4 is 9.64 Å². The van der Waals surface area contributed by atoms with E-state index in [4.69, 9.17) is 19.2 Å². The molecule has 3 heterocycles. The van der Waals surface area contributed by atoms with E-state index in [2.05, 4.69) is 4.98 Å². The summed E-state index contributed by atoms with van der Waals surface area (Å²) in [4.78, 5) is 36.8. The van der Waals surface area contributed by atoms with Crippen molar-refractivity contribution in [3.8, 4) is 27.7 Å². The number of benzene rings is 1. The SMILES string of the molecule is COCCOC(=O)C(C)N1C(=O)COc2ccc(-c3nc(-c4ccccn4)sc3C)cc21. The van der Waals surface area contributed by atoms with Crippen LogP contribution in [0.2, 0.25) is 0 Å². The average molecular weight is 454 g/mol. The number of esters is 1. The number of amides is 1. The normalized spacial score (nSPS) is 14.0. The van der Waals surface area contributed by atoms with Crippen molar-refractivity contribution in [2.45, 2.75) is 19.9 Å². The van der Waals surface area contributed by atoms with Gasteiger partial charge >= 0.3 is 5.97 Å². The lowest BCUT2D eigenvalue weighted by atomic mass is 10.1. The molecule has 1 aliphatic rings. The Labute approximate surface area is 189 Å². The van der Waals surface area contributed by atoms with Crippen molar-refractivity contribution in [2.24, 2.45) is 0 Å². The van der Waals surface area contributed by atoms with Crippen LogP contribution in [0.15, 0.2) is 42.6 Å². The molecule has 0 aliphatic carbocycles. The summed E-state index contributed by atoms with van der Waals surface area (Å²) in [5.41, 5.74) is 2.94. The molecule has 1 aliphatic heterocycles. The Bertz CT molecular complexity index is 1130. The molecule has 2 aromatic heterocycles. The summed E-state index contributed by atoms with van der Waals surface area (Å²) in [6, 6.07) is 10.4. The van der Waals surface area contributed by atoms with Crippen LogP contribution in [0.4, 0.5) is 5.69 Å². The van der Waals surface area contributed by atoms with E-state index in [1.54, 1.807) is 30.5 Å². The van der Waals surface area contributed by atoms with Crippen molar-refractivity contribution in [1.82, 2.24) is 9.97 Å². The number of aromatic nitrogens is 2. The van der Waals surface area contributed by atoms with Crippen molar-refractivity contribution in [3.63, 3.8) is 0 Å². The Balaban J connectivity index is 1.67. The number of nitrogens with zero attached hydrogens (tertiary/aromatic N) is 3.